The number of hydrogen-bond acceptors (Lipinski definition) is 3. The number of carbonyl (C=O) groups excluding carboxylic acids is 1. The summed E-state index contributed by atoms with van der Waals surface area (Å²) in [5.41, 5.74) is 2.28. The Morgan fingerprint density at radius 3 is 2.43 bits per heavy atom. The molecule has 3 rings (SSSR count). The summed E-state index contributed by atoms with van der Waals surface area (Å²) in [7, 11) is 0. The maximum Gasteiger partial charge on any atom is 0.256 e. The number of carbonyl (C=O) groups is 1. The number of nitrogens with one attached hydrogen (secondary N) is 2. The molecule has 2 aromatic carbocycles. The van der Waals surface area contributed by atoms with E-state index in [4.69, 9.17) is 11.6 Å². The number of amides is 1. The largest absolute Gasteiger partial charge is 0.354 e. The number of hydrogen-bond donors (Lipinski definition) is 2. The van der Waals surface area contributed by atoms with Gasteiger partial charge in [-0.3, -0.25) is 4.79 Å². The first-order valence-corrected chi connectivity index (χ1v) is 7.43. The van der Waals surface area contributed by atoms with Crippen molar-refractivity contribution in [3.63, 3.8) is 0 Å². The van der Waals surface area contributed by atoms with Crippen molar-refractivity contribution in [3.05, 3.63) is 83.5 Å². The molecule has 23 heavy (non-hydrogen) atoms. The van der Waals surface area contributed by atoms with Gasteiger partial charge in [-0.2, -0.15) is 0 Å². The molecule has 3 aromatic rings. The summed E-state index contributed by atoms with van der Waals surface area (Å²) in [4.78, 5) is 16.3. The van der Waals surface area contributed by atoms with E-state index in [0.29, 0.717) is 16.4 Å². The van der Waals surface area contributed by atoms with Crippen molar-refractivity contribution in [2.24, 2.45) is 0 Å². The predicted molar refractivity (Wildman–Crippen MR) is 93.4 cm³/mol. The van der Waals surface area contributed by atoms with Crippen LogP contribution in [-0.2, 0) is 0 Å². The quantitative estimate of drug-likeness (QED) is 0.729. The Kier molecular flexibility index (Phi) is 4.54. The molecule has 0 radical (unpaired) electrons. The summed E-state index contributed by atoms with van der Waals surface area (Å²) in [5.74, 6) is 0.309. The number of benzene rings is 2. The highest BCUT2D eigenvalue weighted by Gasteiger charge is 2.05. The highest BCUT2D eigenvalue weighted by atomic mass is 35.5. The topological polar surface area (TPSA) is 54.0 Å². The van der Waals surface area contributed by atoms with Crippen molar-refractivity contribution in [1.29, 1.82) is 0 Å². The molecule has 0 unspecified atom stereocenters. The van der Waals surface area contributed by atoms with Crippen LogP contribution in [0.15, 0.2) is 72.9 Å². The van der Waals surface area contributed by atoms with Crippen molar-refractivity contribution in [2.75, 3.05) is 10.6 Å². The van der Waals surface area contributed by atoms with E-state index >= 15 is 0 Å². The van der Waals surface area contributed by atoms with Gasteiger partial charge in [-0.05, 0) is 42.5 Å². The number of anilines is 3. The maximum absolute atomic E-state index is 12.0. The maximum atomic E-state index is 12.0. The molecular weight excluding hydrogens is 310 g/mol. The first-order valence-electron chi connectivity index (χ1n) is 7.06. The van der Waals surface area contributed by atoms with E-state index in [9.17, 15) is 4.79 Å². The van der Waals surface area contributed by atoms with Crippen molar-refractivity contribution in [3.8, 4) is 0 Å². The zero-order valence-electron chi connectivity index (χ0n) is 12.2. The molecule has 2 N–H and O–H groups in total. The molecule has 1 aromatic heterocycles. The van der Waals surface area contributed by atoms with E-state index in [1.54, 1.807) is 24.4 Å². The van der Waals surface area contributed by atoms with Gasteiger partial charge in [-0.1, -0.05) is 35.9 Å². The van der Waals surface area contributed by atoms with Crippen LogP contribution in [0.1, 0.15) is 10.4 Å². The molecule has 1 heterocycles. The van der Waals surface area contributed by atoms with Crippen LogP contribution in [0.25, 0.3) is 0 Å². The van der Waals surface area contributed by atoms with Crippen LogP contribution < -0.4 is 10.6 Å². The molecule has 4 nitrogen and oxygen atoms in total. The van der Waals surface area contributed by atoms with Gasteiger partial charge in [0.05, 0.1) is 11.9 Å². The zero-order chi connectivity index (χ0) is 16.1. The summed E-state index contributed by atoms with van der Waals surface area (Å²) < 4.78 is 0. The average Bonchev–Trinajstić information content (AvgIpc) is 2.57. The number of nitrogens with zero attached hydrogens (tertiary/aromatic N) is 1. The molecule has 0 fully saturated rings. The molecular formula is C18H14ClN3O. The van der Waals surface area contributed by atoms with Crippen LogP contribution in [0, 0.1) is 0 Å². The lowest BCUT2D eigenvalue weighted by Crippen LogP contribution is -2.12. The Labute approximate surface area is 139 Å². The van der Waals surface area contributed by atoms with Gasteiger partial charge in [0.1, 0.15) is 5.82 Å². The summed E-state index contributed by atoms with van der Waals surface area (Å²) in [6.45, 7) is 0. The molecule has 0 saturated heterocycles. The summed E-state index contributed by atoms with van der Waals surface area (Å²) in [6, 6.07) is 20.0. The standard InChI is InChI=1S/C18H14ClN3O/c19-14-7-4-8-15(11-14)21-16-9-10-17(20-12-16)22-18(23)13-5-2-1-3-6-13/h1-12,21H,(H,20,22,23). The second-order valence-electron chi connectivity index (χ2n) is 4.89. The van der Waals surface area contributed by atoms with Crippen LogP contribution in [-0.4, -0.2) is 10.9 Å². The van der Waals surface area contributed by atoms with Gasteiger partial charge in [-0.15, -0.1) is 0 Å². The minimum atomic E-state index is -0.186. The Balaban J connectivity index is 1.66. The van der Waals surface area contributed by atoms with E-state index in [-0.39, 0.29) is 5.91 Å². The fraction of sp³-hybridized carbons (Fsp3) is 0. The predicted octanol–water partition coefficient (Wildman–Crippen LogP) is 4.73. The van der Waals surface area contributed by atoms with Gasteiger partial charge in [-0.25, -0.2) is 4.98 Å². The Bertz CT molecular complexity index is 804. The van der Waals surface area contributed by atoms with Crippen molar-refractivity contribution >= 4 is 34.7 Å². The van der Waals surface area contributed by atoms with Gasteiger partial charge in [0, 0.05) is 16.3 Å². The van der Waals surface area contributed by atoms with Crippen LogP contribution in [0.5, 0.6) is 0 Å². The molecule has 5 heteroatoms. The van der Waals surface area contributed by atoms with Crippen LogP contribution >= 0.6 is 11.6 Å². The first kappa shape index (κ1) is 15.1. The smallest absolute Gasteiger partial charge is 0.256 e. The molecule has 0 aliphatic heterocycles. The van der Waals surface area contributed by atoms with Crippen LogP contribution in [0.4, 0.5) is 17.2 Å². The van der Waals surface area contributed by atoms with Gasteiger partial charge >= 0.3 is 0 Å². The Hall–Kier alpha value is -2.85. The number of aromatic nitrogens is 1. The normalized spacial score (nSPS) is 10.1. The third kappa shape index (κ3) is 4.08. The van der Waals surface area contributed by atoms with Gasteiger partial charge < -0.3 is 10.6 Å². The SMILES string of the molecule is O=C(Nc1ccc(Nc2cccc(Cl)c2)cn1)c1ccccc1. The summed E-state index contributed by atoms with van der Waals surface area (Å²) >= 11 is 5.95. The fourth-order valence-corrected chi connectivity index (χ4v) is 2.24. The third-order valence-corrected chi connectivity index (χ3v) is 3.39. The van der Waals surface area contributed by atoms with Crippen molar-refractivity contribution in [1.82, 2.24) is 4.98 Å². The number of rotatable bonds is 4. The lowest BCUT2D eigenvalue weighted by molar-refractivity contribution is 0.102. The molecule has 114 valence electrons. The summed E-state index contributed by atoms with van der Waals surface area (Å²) in [5, 5.41) is 6.62. The van der Waals surface area contributed by atoms with Crippen LogP contribution in [0.2, 0.25) is 5.02 Å². The average molecular weight is 324 g/mol. The molecule has 1 amide bonds. The minimum absolute atomic E-state index is 0.186. The number of halogens is 1. The second kappa shape index (κ2) is 6.94. The molecule has 0 bridgehead atoms. The van der Waals surface area contributed by atoms with E-state index in [2.05, 4.69) is 15.6 Å². The Morgan fingerprint density at radius 2 is 1.74 bits per heavy atom. The highest BCUT2D eigenvalue weighted by molar-refractivity contribution is 6.30. The van der Waals surface area contributed by atoms with Gasteiger partial charge in [0.15, 0.2) is 0 Å². The lowest BCUT2D eigenvalue weighted by atomic mass is 10.2. The van der Waals surface area contributed by atoms with Crippen LogP contribution in [0.3, 0.4) is 0 Å². The summed E-state index contributed by atoms with van der Waals surface area (Å²) in [6.07, 6.45) is 1.65. The van der Waals surface area contributed by atoms with E-state index in [1.165, 1.54) is 0 Å². The Morgan fingerprint density at radius 1 is 0.913 bits per heavy atom. The fourth-order valence-electron chi connectivity index (χ4n) is 2.05. The first-order chi connectivity index (χ1) is 11.2. The monoisotopic (exact) mass is 323 g/mol. The lowest BCUT2D eigenvalue weighted by Gasteiger charge is -2.08. The van der Waals surface area contributed by atoms with Crippen molar-refractivity contribution in [2.45, 2.75) is 0 Å². The van der Waals surface area contributed by atoms with Crippen molar-refractivity contribution < 1.29 is 4.79 Å². The molecule has 0 aliphatic carbocycles. The second-order valence-corrected chi connectivity index (χ2v) is 5.32. The van der Waals surface area contributed by atoms with E-state index in [0.717, 1.165) is 11.4 Å². The molecule has 0 saturated carbocycles. The minimum Gasteiger partial charge on any atom is -0.354 e. The third-order valence-electron chi connectivity index (χ3n) is 3.15. The molecule has 0 spiro atoms. The number of pyridine rings is 1. The molecule has 0 atom stereocenters. The zero-order valence-corrected chi connectivity index (χ0v) is 12.9. The van der Waals surface area contributed by atoms with E-state index < -0.39 is 0 Å². The van der Waals surface area contributed by atoms with Gasteiger partial charge in [0.2, 0.25) is 0 Å². The molecule has 0 aliphatic rings. The van der Waals surface area contributed by atoms with E-state index in [1.807, 2.05) is 48.5 Å². The highest BCUT2D eigenvalue weighted by Crippen LogP contribution is 2.20. The van der Waals surface area contributed by atoms with Gasteiger partial charge in [0.25, 0.3) is 5.91 Å².